The van der Waals surface area contributed by atoms with Gasteiger partial charge in [0.1, 0.15) is 11.3 Å². The molecule has 3 aromatic heterocycles. The van der Waals surface area contributed by atoms with Crippen LogP contribution in [-0.4, -0.2) is 50.7 Å². The maximum atomic E-state index is 13.8. The summed E-state index contributed by atoms with van der Waals surface area (Å²) in [6.45, 7) is 2.41. The molecule has 1 amide bonds. The first-order chi connectivity index (χ1) is 19.6. The van der Waals surface area contributed by atoms with Crippen molar-refractivity contribution in [1.82, 2.24) is 19.0 Å². The van der Waals surface area contributed by atoms with Crippen molar-refractivity contribution >= 4 is 39.2 Å². The maximum absolute atomic E-state index is 13.8. The summed E-state index contributed by atoms with van der Waals surface area (Å²) < 4.78 is 10.7. The van der Waals surface area contributed by atoms with Crippen LogP contribution in [0.4, 0.5) is 0 Å². The van der Waals surface area contributed by atoms with Gasteiger partial charge in [-0.2, -0.15) is 0 Å². The molecule has 1 aliphatic heterocycles. The zero-order valence-electron chi connectivity index (χ0n) is 22.6. The second-order valence-electron chi connectivity index (χ2n) is 11.7. The van der Waals surface area contributed by atoms with E-state index < -0.39 is 0 Å². The molecule has 2 saturated carbocycles. The Bertz CT molecular complexity index is 1750. The summed E-state index contributed by atoms with van der Waals surface area (Å²) in [7, 11) is 1.68. The second kappa shape index (κ2) is 9.21. The Morgan fingerprint density at radius 2 is 1.95 bits per heavy atom. The quantitative estimate of drug-likeness (QED) is 0.280. The first kappa shape index (κ1) is 24.2. The molecule has 40 heavy (non-hydrogen) atoms. The van der Waals surface area contributed by atoms with E-state index in [1.165, 1.54) is 28.6 Å². The fourth-order valence-electron chi connectivity index (χ4n) is 7.02. The van der Waals surface area contributed by atoms with Crippen molar-refractivity contribution in [3.8, 4) is 17.3 Å². The Labute approximate surface area is 237 Å². The molecule has 8 rings (SSSR count). The fourth-order valence-corrected chi connectivity index (χ4v) is 7.71. The molecule has 2 N–H and O–H groups in total. The summed E-state index contributed by atoms with van der Waals surface area (Å²) in [5.41, 5.74) is 11.1. The number of ether oxygens (including phenoxy) is 1. The summed E-state index contributed by atoms with van der Waals surface area (Å²) in [4.78, 5) is 22.3. The Kier molecular flexibility index (Phi) is 5.57. The number of fused-ring (bicyclic) bond motifs is 4. The monoisotopic (exact) mass is 551 g/mol. The van der Waals surface area contributed by atoms with E-state index in [1.54, 1.807) is 18.4 Å². The van der Waals surface area contributed by atoms with Crippen molar-refractivity contribution in [3.63, 3.8) is 0 Å². The first-order valence-electron chi connectivity index (χ1n) is 14.3. The molecule has 2 aliphatic carbocycles. The van der Waals surface area contributed by atoms with Crippen LogP contribution in [0.25, 0.3) is 33.5 Å². The Balaban J connectivity index is 1.31. The highest BCUT2D eigenvalue weighted by Crippen LogP contribution is 2.41. The summed E-state index contributed by atoms with van der Waals surface area (Å²) in [5, 5.41) is 3.33. The molecule has 204 valence electrons. The minimum atomic E-state index is 0.0278. The third kappa shape index (κ3) is 3.80. The Morgan fingerprint density at radius 3 is 2.67 bits per heavy atom. The van der Waals surface area contributed by atoms with Gasteiger partial charge < -0.3 is 24.5 Å². The minimum absolute atomic E-state index is 0.0278. The number of hydrogen-bond acceptors (Lipinski definition) is 5. The van der Waals surface area contributed by atoms with Crippen LogP contribution in [0, 0.1) is 11.8 Å². The highest BCUT2D eigenvalue weighted by molar-refractivity contribution is 7.09. The van der Waals surface area contributed by atoms with Gasteiger partial charge in [0, 0.05) is 46.5 Å². The van der Waals surface area contributed by atoms with Crippen LogP contribution in [0.2, 0.25) is 0 Å². The van der Waals surface area contributed by atoms with E-state index in [-0.39, 0.29) is 18.0 Å². The number of nitrogens with zero attached hydrogens (tertiary/aromatic N) is 4. The summed E-state index contributed by atoms with van der Waals surface area (Å²) in [6.07, 6.45) is 4.66. The number of rotatable bonds is 7. The predicted octanol–water partition coefficient (Wildman–Crippen LogP) is 5.75. The highest BCUT2D eigenvalue weighted by atomic mass is 32.1. The van der Waals surface area contributed by atoms with E-state index >= 15 is 0 Å². The lowest BCUT2D eigenvalue weighted by Crippen LogP contribution is -2.41. The molecular weight excluding hydrogens is 518 g/mol. The van der Waals surface area contributed by atoms with Crippen LogP contribution in [-0.2, 0) is 13.1 Å². The molecule has 0 unspecified atom stereocenters. The largest absolute Gasteiger partial charge is 0.494 e. The third-order valence-corrected chi connectivity index (χ3v) is 10.1. The van der Waals surface area contributed by atoms with Crippen molar-refractivity contribution in [2.24, 2.45) is 17.6 Å². The van der Waals surface area contributed by atoms with Gasteiger partial charge in [-0.1, -0.05) is 24.3 Å². The first-order valence-corrected chi connectivity index (χ1v) is 15.2. The van der Waals surface area contributed by atoms with Crippen LogP contribution >= 0.6 is 11.3 Å². The fraction of sp³-hybridized carbons (Fsp3) is 0.375. The number of benzene rings is 2. The molecule has 0 spiro atoms. The molecule has 5 aromatic rings. The normalized spacial score (nSPS) is 22.1. The summed E-state index contributed by atoms with van der Waals surface area (Å²) in [5.74, 6) is 2.73. The van der Waals surface area contributed by atoms with E-state index in [0.29, 0.717) is 29.7 Å². The van der Waals surface area contributed by atoms with Gasteiger partial charge in [0.25, 0.3) is 5.91 Å². The summed E-state index contributed by atoms with van der Waals surface area (Å²) >= 11 is 1.74. The molecule has 4 heterocycles. The molecule has 1 saturated heterocycles. The van der Waals surface area contributed by atoms with Crippen LogP contribution < -0.4 is 10.5 Å². The van der Waals surface area contributed by atoms with Crippen LogP contribution in [0.5, 0.6) is 5.75 Å². The molecular formula is C32H33N5O2S. The van der Waals surface area contributed by atoms with E-state index in [1.807, 2.05) is 17.0 Å². The zero-order valence-corrected chi connectivity index (χ0v) is 23.4. The van der Waals surface area contributed by atoms with Crippen molar-refractivity contribution < 1.29 is 9.53 Å². The van der Waals surface area contributed by atoms with Gasteiger partial charge in [0.05, 0.1) is 24.9 Å². The number of piperidine rings is 1. The molecule has 2 bridgehead atoms. The van der Waals surface area contributed by atoms with Gasteiger partial charge >= 0.3 is 0 Å². The van der Waals surface area contributed by atoms with E-state index in [2.05, 4.69) is 57.0 Å². The average Bonchev–Trinajstić information content (AvgIpc) is 3.34. The van der Waals surface area contributed by atoms with E-state index in [4.69, 9.17) is 15.5 Å². The number of likely N-dealkylation sites (tertiary alicyclic amines) is 1. The van der Waals surface area contributed by atoms with Gasteiger partial charge in [-0.3, -0.25) is 4.79 Å². The molecule has 0 radical (unpaired) electrons. The van der Waals surface area contributed by atoms with E-state index in [9.17, 15) is 4.79 Å². The number of thiophene rings is 1. The van der Waals surface area contributed by atoms with Crippen molar-refractivity contribution in [2.45, 2.75) is 50.9 Å². The molecule has 2 aromatic carbocycles. The van der Waals surface area contributed by atoms with Crippen LogP contribution in [0.1, 0.15) is 40.9 Å². The van der Waals surface area contributed by atoms with Crippen molar-refractivity contribution in [3.05, 3.63) is 70.4 Å². The molecule has 3 atom stereocenters. The van der Waals surface area contributed by atoms with Crippen LogP contribution in [0.3, 0.4) is 0 Å². The molecule has 7 nitrogen and oxygen atoms in total. The van der Waals surface area contributed by atoms with Gasteiger partial charge in [0.2, 0.25) is 0 Å². The van der Waals surface area contributed by atoms with Gasteiger partial charge in [-0.15, -0.1) is 11.3 Å². The Hall–Kier alpha value is -3.62. The number of aromatic nitrogens is 3. The second-order valence-corrected chi connectivity index (χ2v) is 12.8. The molecule has 3 fully saturated rings. The predicted molar refractivity (Wildman–Crippen MR) is 159 cm³/mol. The number of nitrogens with two attached hydrogens (primary N) is 1. The Morgan fingerprint density at radius 1 is 1.07 bits per heavy atom. The number of para-hydroxylation sites is 1. The standard InChI is InChI=1S/C32H33N5O2S/c1-39-28-15-22(32(38)36-17-21-10-11-26(36)29(21)33)13-24-30(28)37(18-23-6-4-12-40-23)31(34-24)27-14-20-5-2-3-7-25(20)35(27)16-19-8-9-19/h2-7,12-15,19,21,26,29H,8-11,16-18,33H2,1H3/t21-,26-,29-/m1/s1. The topological polar surface area (TPSA) is 78.3 Å². The number of amides is 1. The maximum Gasteiger partial charge on any atom is 0.254 e. The lowest BCUT2D eigenvalue weighted by molar-refractivity contribution is 0.0700. The summed E-state index contributed by atoms with van der Waals surface area (Å²) in [6, 6.07) is 19.2. The smallest absolute Gasteiger partial charge is 0.254 e. The lowest BCUT2D eigenvalue weighted by Gasteiger charge is -2.27. The molecule has 3 aliphatic rings. The van der Waals surface area contributed by atoms with Gasteiger partial charge in [0.15, 0.2) is 5.82 Å². The number of hydrogen-bond donors (Lipinski definition) is 1. The zero-order chi connectivity index (χ0) is 27.0. The van der Waals surface area contributed by atoms with Gasteiger partial charge in [-0.05, 0) is 73.2 Å². The number of carbonyl (C=O) groups excluding carboxylic acids is 1. The van der Waals surface area contributed by atoms with Crippen molar-refractivity contribution in [1.29, 1.82) is 0 Å². The van der Waals surface area contributed by atoms with Gasteiger partial charge in [-0.25, -0.2) is 4.98 Å². The van der Waals surface area contributed by atoms with Crippen LogP contribution in [0.15, 0.2) is 60.0 Å². The third-order valence-electron chi connectivity index (χ3n) is 9.26. The van der Waals surface area contributed by atoms with E-state index in [0.717, 1.165) is 48.5 Å². The number of imidazole rings is 1. The van der Waals surface area contributed by atoms with Crippen molar-refractivity contribution in [2.75, 3.05) is 13.7 Å². The molecule has 8 heteroatoms. The SMILES string of the molecule is COc1cc(C(=O)N2C[C@H]3CC[C@@H]2[C@@H]3N)cc2nc(-c3cc4ccccc4n3CC3CC3)n(Cc3cccs3)c12. The minimum Gasteiger partial charge on any atom is -0.494 e. The lowest BCUT2D eigenvalue weighted by atomic mass is 10.1. The highest BCUT2D eigenvalue weighted by Gasteiger charge is 2.47. The number of carbonyl (C=O) groups is 1. The average molecular weight is 552 g/mol. The number of methoxy groups -OCH3 is 1.